The summed E-state index contributed by atoms with van der Waals surface area (Å²) in [6, 6.07) is 0. The Kier molecular flexibility index (Phi) is 2.65. The second-order valence-electron chi connectivity index (χ2n) is 2.57. The monoisotopic (exact) mass is 143 g/mol. The fourth-order valence-electron chi connectivity index (χ4n) is 1.01. The van der Waals surface area contributed by atoms with Crippen LogP contribution in [-0.2, 0) is 10.9 Å². The van der Waals surface area contributed by atoms with Crippen molar-refractivity contribution in [3.05, 3.63) is 11.6 Å². The maximum atomic E-state index is 2.41. The second kappa shape index (κ2) is 3.31. The molecule has 0 aromatic carbocycles. The molecule has 0 saturated carbocycles. The van der Waals surface area contributed by atoms with Gasteiger partial charge < -0.3 is 0 Å². The zero-order valence-electron chi connectivity index (χ0n) is 6.31. The molecule has 0 amide bonds. The summed E-state index contributed by atoms with van der Waals surface area (Å²) in [4.78, 5) is 0. The summed E-state index contributed by atoms with van der Waals surface area (Å²) in [6.07, 6.45) is 3.77. The Morgan fingerprint density at radius 1 is 1.67 bits per heavy atom. The van der Waals surface area contributed by atoms with E-state index in [1.54, 1.807) is 5.57 Å². The Bertz CT molecular complexity index is 116. The standard InChI is InChI=1S/C8H15S/c1-3-9-6-4-8(2)5-7-9/h4H,3,5-7H2,1-2H3/q+1. The average molecular weight is 143 g/mol. The number of hydrogen-bond acceptors (Lipinski definition) is 0. The first kappa shape index (κ1) is 7.20. The lowest BCUT2D eigenvalue weighted by atomic mass is 10.2. The molecule has 1 aliphatic heterocycles. The van der Waals surface area contributed by atoms with E-state index in [1.165, 1.54) is 23.7 Å². The van der Waals surface area contributed by atoms with Gasteiger partial charge in [-0.3, -0.25) is 0 Å². The Balaban J connectivity index is 2.36. The molecule has 1 heterocycles. The molecule has 1 aliphatic rings. The van der Waals surface area contributed by atoms with Crippen LogP contribution in [0.15, 0.2) is 11.6 Å². The summed E-state index contributed by atoms with van der Waals surface area (Å²) in [5.41, 5.74) is 1.60. The molecule has 0 saturated heterocycles. The summed E-state index contributed by atoms with van der Waals surface area (Å²) in [6.45, 7) is 4.55. The molecular weight excluding hydrogens is 128 g/mol. The molecule has 1 heteroatoms. The van der Waals surface area contributed by atoms with Crippen LogP contribution in [0.5, 0.6) is 0 Å². The van der Waals surface area contributed by atoms with Crippen molar-refractivity contribution < 1.29 is 0 Å². The van der Waals surface area contributed by atoms with Gasteiger partial charge in [0.2, 0.25) is 0 Å². The zero-order valence-corrected chi connectivity index (χ0v) is 7.13. The highest BCUT2D eigenvalue weighted by Crippen LogP contribution is 2.12. The van der Waals surface area contributed by atoms with Gasteiger partial charge in [-0.05, 0) is 30.8 Å². The smallest absolute Gasteiger partial charge is 0.0680 e. The Labute approximate surface area is 60.7 Å². The quantitative estimate of drug-likeness (QED) is 0.389. The first-order valence-corrected chi connectivity index (χ1v) is 5.36. The first-order chi connectivity index (χ1) is 4.33. The van der Waals surface area contributed by atoms with Crippen molar-refractivity contribution in [1.29, 1.82) is 0 Å². The van der Waals surface area contributed by atoms with Crippen molar-refractivity contribution in [2.24, 2.45) is 0 Å². The molecule has 1 rings (SSSR count). The van der Waals surface area contributed by atoms with Crippen molar-refractivity contribution in [1.82, 2.24) is 0 Å². The van der Waals surface area contributed by atoms with E-state index in [4.69, 9.17) is 0 Å². The Hall–Kier alpha value is 0.0900. The van der Waals surface area contributed by atoms with Gasteiger partial charge in [-0.1, -0.05) is 5.57 Å². The van der Waals surface area contributed by atoms with E-state index in [0.29, 0.717) is 0 Å². The van der Waals surface area contributed by atoms with E-state index in [-0.39, 0.29) is 0 Å². The Morgan fingerprint density at radius 3 is 2.89 bits per heavy atom. The van der Waals surface area contributed by atoms with Crippen molar-refractivity contribution in [2.45, 2.75) is 20.3 Å². The van der Waals surface area contributed by atoms with Crippen LogP contribution in [0.25, 0.3) is 0 Å². The lowest BCUT2D eigenvalue weighted by Crippen LogP contribution is -2.17. The molecule has 0 aromatic heterocycles. The van der Waals surface area contributed by atoms with Crippen LogP contribution in [0.2, 0.25) is 0 Å². The second-order valence-corrected chi connectivity index (χ2v) is 5.12. The zero-order chi connectivity index (χ0) is 6.69. The van der Waals surface area contributed by atoms with E-state index in [0.717, 1.165) is 10.9 Å². The lowest BCUT2D eigenvalue weighted by molar-refractivity contribution is 1.08. The van der Waals surface area contributed by atoms with Gasteiger partial charge in [0.1, 0.15) is 17.3 Å². The number of allylic oxidation sites excluding steroid dienone is 1. The minimum absolute atomic E-state index is 0.751. The third-order valence-electron chi connectivity index (χ3n) is 1.86. The Morgan fingerprint density at radius 2 is 2.44 bits per heavy atom. The summed E-state index contributed by atoms with van der Waals surface area (Å²) in [5, 5.41) is 0. The van der Waals surface area contributed by atoms with E-state index in [9.17, 15) is 0 Å². The van der Waals surface area contributed by atoms with Crippen molar-refractivity contribution in [2.75, 3.05) is 17.3 Å². The van der Waals surface area contributed by atoms with Crippen molar-refractivity contribution in [3.8, 4) is 0 Å². The molecule has 9 heavy (non-hydrogen) atoms. The fraction of sp³-hybridized carbons (Fsp3) is 0.750. The average Bonchev–Trinajstić information content (AvgIpc) is 1.90. The lowest BCUT2D eigenvalue weighted by Gasteiger charge is -2.10. The van der Waals surface area contributed by atoms with Gasteiger partial charge in [0.15, 0.2) is 0 Å². The van der Waals surface area contributed by atoms with E-state index in [1.807, 2.05) is 0 Å². The van der Waals surface area contributed by atoms with Gasteiger partial charge in [-0.2, -0.15) is 0 Å². The fourth-order valence-corrected chi connectivity index (χ4v) is 2.83. The molecule has 0 fully saturated rings. The largest absolute Gasteiger partial charge is 0.126 e. The van der Waals surface area contributed by atoms with Crippen LogP contribution in [0.1, 0.15) is 20.3 Å². The molecule has 0 bridgehead atoms. The highest BCUT2D eigenvalue weighted by molar-refractivity contribution is 7.97. The maximum Gasteiger partial charge on any atom is 0.126 e. The summed E-state index contributed by atoms with van der Waals surface area (Å²) in [7, 11) is 0.751. The molecule has 0 nitrogen and oxygen atoms in total. The molecule has 0 aliphatic carbocycles. The van der Waals surface area contributed by atoms with E-state index >= 15 is 0 Å². The summed E-state index contributed by atoms with van der Waals surface area (Å²) < 4.78 is 0. The topological polar surface area (TPSA) is 0 Å². The maximum absolute atomic E-state index is 2.41. The predicted molar refractivity (Wildman–Crippen MR) is 46.0 cm³/mol. The van der Waals surface area contributed by atoms with Gasteiger partial charge in [0.05, 0.1) is 0 Å². The van der Waals surface area contributed by atoms with Gasteiger partial charge >= 0.3 is 0 Å². The minimum Gasteiger partial charge on any atom is -0.0680 e. The van der Waals surface area contributed by atoms with Gasteiger partial charge in [0, 0.05) is 6.42 Å². The number of hydrogen-bond donors (Lipinski definition) is 0. The molecule has 0 aromatic rings. The molecule has 0 spiro atoms. The van der Waals surface area contributed by atoms with Crippen LogP contribution in [0, 0.1) is 0 Å². The third kappa shape index (κ3) is 2.05. The minimum atomic E-state index is 0.751. The normalized spacial score (nSPS) is 27.8. The predicted octanol–water partition coefficient (Wildman–Crippen LogP) is 1.97. The molecular formula is C8H15S+. The summed E-state index contributed by atoms with van der Waals surface area (Å²) in [5.74, 6) is 4.21. The highest BCUT2D eigenvalue weighted by atomic mass is 32.2. The SMILES string of the molecule is CC[S+]1CC=C(C)CC1. The van der Waals surface area contributed by atoms with Crippen LogP contribution in [-0.4, -0.2) is 17.3 Å². The van der Waals surface area contributed by atoms with Gasteiger partial charge in [-0.25, -0.2) is 0 Å². The third-order valence-corrected chi connectivity index (χ3v) is 4.10. The first-order valence-electron chi connectivity index (χ1n) is 3.62. The van der Waals surface area contributed by atoms with Crippen LogP contribution < -0.4 is 0 Å². The molecule has 1 atom stereocenters. The van der Waals surface area contributed by atoms with E-state index < -0.39 is 0 Å². The number of rotatable bonds is 1. The molecule has 0 N–H and O–H groups in total. The molecule has 52 valence electrons. The van der Waals surface area contributed by atoms with Gasteiger partial charge in [0.25, 0.3) is 0 Å². The van der Waals surface area contributed by atoms with Crippen LogP contribution in [0.4, 0.5) is 0 Å². The van der Waals surface area contributed by atoms with Gasteiger partial charge in [-0.15, -0.1) is 0 Å². The molecule has 1 unspecified atom stereocenters. The van der Waals surface area contributed by atoms with Crippen LogP contribution in [0.3, 0.4) is 0 Å². The van der Waals surface area contributed by atoms with E-state index in [2.05, 4.69) is 19.9 Å². The molecule has 0 radical (unpaired) electrons. The summed E-state index contributed by atoms with van der Waals surface area (Å²) >= 11 is 0. The van der Waals surface area contributed by atoms with Crippen molar-refractivity contribution in [3.63, 3.8) is 0 Å². The van der Waals surface area contributed by atoms with Crippen LogP contribution >= 0.6 is 0 Å². The van der Waals surface area contributed by atoms with Crippen molar-refractivity contribution >= 4 is 10.9 Å². The highest BCUT2D eigenvalue weighted by Gasteiger charge is 2.17.